The van der Waals surface area contributed by atoms with Gasteiger partial charge in [0.05, 0.1) is 5.75 Å². The summed E-state index contributed by atoms with van der Waals surface area (Å²) >= 11 is 3.28. The molecule has 1 aromatic carbocycles. The van der Waals surface area contributed by atoms with Crippen LogP contribution in [0.3, 0.4) is 0 Å². The molecular weight excluding hydrogens is 378 g/mol. The molecule has 8 heteroatoms. The van der Waals surface area contributed by atoms with Crippen molar-refractivity contribution in [2.45, 2.75) is 37.1 Å². The topological polar surface area (TPSA) is 69.6 Å². The molecule has 27 heavy (non-hydrogen) atoms. The molecule has 0 aliphatic carbocycles. The lowest BCUT2D eigenvalue weighted by molar-refractivity contribution is 0.382. The van der Waals surface area contributed by atoms with Crippen LogP contribution in [0.2, 0.25) is 0 Å². The van der Waals surface area contributed by atoms with Gasteiger partial charge >= 0.3 is 0 Å². The van der Waals surface area contributed by atoms with Crippen LogP contribution in [-0.2, 0) is 12.2 Å². The van der Waals surface area contributed by atoms with Gasteiger partial charge in [-0.3, -0.25) is 4.57 Å². The maximum Gasteiger partial charge on any atom is 0.237 e. The van der Waals surface area contributed by atoms with Gasteiger partial charge in [-0.2, -0.15) is 4.98 Å². The Bertz CT molecular complexity index is 992. The zero-order chi connectivity index (χ0) is 18.6. The number of aromatic nitrogens is 5. The van der Waals surface area contributed by atoms with Gasteiger partial charge in [0.15, 0.2) is 11.0 Å². The molecule has 0 atom stereocenters. The molecule has 4 rings (SSSR count). The second-order valence-corrected chi connectivity index (χ2v) is 8.29. The number of rotatable bonds is 7. The number of benzene rings is 1. The lowest BCUT2D eigenvalue weighted by Gasteiger charge is -2.09. The Morgan fingerprint density at radius 1 is 1.11 bits per heavy atom. The Balaban J connectivity index is 1.60. The van der Waals surface area contributed by atoms with Gasteiger partial charge in [-0.1, -0.05) is 55.0 Å². The molecule has 6 nitrogen and oxygen atoms in total. The van der Waals surface area contributed by atoms with Crippen LogP contribution in [-0.4, -0.2) is 24.9 Å². The van der Waals surface area contributed by atoms with Gasteiger partial charge < -0.3 is 4.52 Å². The maximum absolute atomic E-state index is 5.35. The van der Waals surface area contributed by atoms with Crippen molar-refractivity contribution in [1.29, 1.82) is 0 Å². The van der Waals surface area contributed by atoms with Crippen LogP contribution in [0.4, 0.5) is 0 Å². The number of hydrogen-bond acceptors (Lipinski definition) is 7. The third kappa shape index (κ3) is 4.12. The Hall–Kier alpha value is -2.45. The number of hydrogen-bond donors (Lipinski definition) is 0. The number of para-hydroxylation sites is 1. The summed E-state index contributed by atoms with van der Waals surface area (Å²) in [6.07, 6.45) is 0.748. The maximum atomic E-state index is 5.35. The van der Waals surface area contributed by atoms with Crippen LogP contribution in [0.1, 0.15) is 42.2 Å². The summed E-state index contributed by atoms with van der Waals surface area (Å²) in [6.45, 7) is 4.09. The predicted molar refractivity (Wildman–Crippen MR) is 106 cm³/mol. The van der Waals surface area contributed by atoms with E-state index in [0.29, 0.717) is 11.6 Å². The molecule has 0 unspecified atom stereocenters. The fraction of sp³-hybridized carbons (Fsp3) is 0.263. The molecular formula is C19H19N5OS2. The fourth-order valence-electron chi connectivity index (χ4n) is 2.60. The molecule has 0 spiro atoms. The largest absolute Gasteiger partial charge is 0.338 e. The molecule has 4 aromatic rings. The van der Waals surface area contributed by atoms with Gasteiger partial charge in [0.25, 0.3) is 0 Å². The monoisotopic (exact) mass is 397 g/mol. The zero-order valence-electron chi connectivity index (χ0n) is 15.1. The average molecular weight is 398 g/mol. The first-order valence-electron chi connectivity index (χ1n) is 8.68. The van der Waals surface area contributed by atoms with Gasteiger partial charge in [0.1, 0.15) is 5.82 Å². The van der Waals surface area contributed by atoms with Crippen molar-refractivity contribution in [3.63, 3.8) is 0 Å². The van der Waals surface area contributed by atoms with E-state index in [2.05, 4.69) is 54.6 Å². The highest BCUT2D eigenvalue weighted by atomic mass is 32.2. The van der Waals surface area contributed by atoms with Gasteiger partial charge in [0.2, 0.25) is 5.89 Å². The van der Waals surface area contributed by atoms with Crippen LogP contribution in [0.15, 0.2) is 57.5 Å². The van der Waals surface area contributed by atoms with E-state index in [4.69, 9.17) is 4.52 Å². The van der Waals surface area contributed by atoms with E-state index in [0.717, 1.165) is 28.9 Å². The van der Waals surface area contributed by atoms with Gasteiger partial charge in [-0.15, -0.1) is 21.5 Å². The number of thiophene rings is 1. The highest BCUT2D eigenvalue weighted by molar-refractivity contribution is 7.98. The molecule has 0 fully saturated rings. The second kappa shape index (κ2) is 8.06. The van der Waals surface area contributed by atoms with E-state index in [9.17, 15) is 0 Å². The third-order valence-corrected chi connectivity index (χ3v) is 5.74. The summed E-state index contributed by atoms with van der Waals surface area (Å²) < 4.78 is 7.45. The van der Waals surface area contributed by atoms with Crippen molar-refractivity contribution in [2.75, 3.05) is 0 Å². The van der Waals surface area contributed by atoms with Gasteiger partial charge in [-0.05, 0) is 23.6 Å². The molecule has 0 saturated heterocycles. The minimum Gasteiger partial charge on any atom is -0.338 e. The predicted octanol–water partition coefficient (Wildman–Crippen LogP) is 4.72. The van der Waals surface area contributed by atoms with Crippen molar-refractivity contribution in [3.05, 3.63) is 70.3 Å². The molecule has 0 amide bonds. The first-order valence-corrected chi connectivity index (χ1v) is 10.5. The Morgan fingerprint density at radius 3 is 2.67 bits per heavy atom. The standard InChI is InChI=1S/C19H19N5OS2/c1-13(2)18-20-17(25-23-18)12-27-19-22-21-16(11-15-9-6-10-26-15)24(19)14-7-4-3-5-8-14/h3-10,13H,11-12H2,1-2H3. The SMILES string of the molecule is CC(C)c1noc(CSc2nnc(Cc3cccs3)n2-c2ccccc2)n1. The van der Waals surface area contributed by atoms with Crippen LogP contribution in [0.5, 0.6) is 0 Å². The summed E-state index contributed by atoms with van der Waals surface area (Å²) in [6, 6.07) is 14.3. The quantitative estimate of drug-likeness (QED) is 0.420. The first kappa shape index (κ1) is 17.9. The summed E-state index contributed by atoms with van der Waals surface area (Å²) in [4.78, 5) is 5.70. The highest BCUT2D eigenvalue weighted by Crippen LogP contribution is 2.27. The average Bonchev–Trinajstić information content (AvgIpc) is 3.42. The normalized spacial score (nSPS) is 11.4. The molecule has 0 bridgehead atoms. The minimum absolute atomic E-state index is 0.248. The summed E-state index contributed by atoms with van der Waals surface area (Å²) in [5, 5.41) is 15.8. The van der Waals surface area contributed by atoms with E-state index in [1.807, 2.05) is 32.0 Å². The van der Waals surface area contributed by atoms with Crippen LogP contribution in [0.25, 0.3) is 5.69 Å². The van der Waals surface area contributed by atoms with E-state index in [-0.39, 0.29) is 5.92 Å². The number of thioether (sulfide) groups is 1. The zero-order valence-corrected chi connectivity index (χ0v) is 16.7. The van der Waals surface area contributed by atoms with Gasteiger partial charge in [0, 0.05) is 22.9 Å². The molecule has 138 valence electrons. The van der Waals surface area contributed by atoms with Crippen LogP contribution >= 0.6 is 23.1 Å². The van der Waals surface area contributed by atoms with Crippen molar-refractivity contribution in [3.8, 4) is 5.69 Å². The summed E-state index contributed by atoms with van der Waals surface area (Å²) in [5.74, 6) is 3.06. The molecule has 0 N–H and O–H groups in total. The van der Waals surface area contributed by atoms with Crippen molar-refractivity contribution >= 4 is 23.1 Å². The van der Waals surface area contributed by atoms with Crippen molar-refractivity contribution < 1.29 is 4.52 Å². The van der Waals surface area contributed by atoms with E-state index in [1.54, 1.807) is 23.1 Å². The van der Waals surface area contributed by atoms with Gasteiger partial charge in [-0.25, -0.2) is 0 Å². The Labute approximate surface area is 165 Å². The van der Waals surface area contributed by atoms with Crippen molar-refractivity contribution in [2.24, 2.45) is 0 Å². The third-order valence-electron chi connectivity index (χ3n) is 3.95. The molecule has 0 saturated carbocycles. The van der Waals surface area contributed by atoms with Crippen LogP contribution in [0, 0.1) is 0 Å². The molecule has 0 radical (unpaired) electrons. The lowest BCUT2D eigenvalue weighted by Crippen LogP contribution is -2.03. The van der Waals surface area contributed by atoms with E-state index >= 15 is 0 Å². The first-order chi connectivity index (χ1) is 13.2. The summed E-state index contributed by atoms with van der Waals surface area (Å²) in [7, 11) is 0. The second-order valence-electron chi connectivity index (χ2n) is 6.32. The van der Waals surface area contributed by atoms with E-state index < -0.39 is 0 Å². The van der Waals surface area contributed by atoms with Crippen molar-refractivity contribution in [1.82, 2.24) is 24.9 Å². The number of nitrogens with zero attached hydrogens (tertiary/aromatic N) is 5. The lowest BCUT2D eigenvalue weighted by atomic mass is 10.2. The van der Waals surface area contributed by atoms with E-state index in [1.165, 1.54) is 4.88 Å². The Kier molecular flexibility index (Phi) is 5.35. The summed E-state index contributed by atoms with van der Waals surface area (Å²) in [5.41, 5.74) is 1.05. The molecule has 3 heterocycles. The molecule has 0 aliphatic heterocycles. The van der Waals surface area contributed by atoms with Crippen LogP contribution < -0.4 is 0 Å². The molecule has 0 aliphatic rings. The highest BCUT2D eigenvalue weighted by Gasteiger charge is 2.17. The molecule has 3 aromatic heterocycles. The smallest absolute Gasteiger partial charge is 0.237 e. The Morgan fingerprint density at radius 2 is 1.96 bits per heavy atom. The minimum atomic E-state index is 0.248. The fourth-order valence-corrected chi connectivity index (χ4v) is 4.11.